The number of hydrogen-bond donors (Lipinski definition) is 3. The van der Waals surface area contributed by atoms with Gasteiger partial charge in [0.1, 0.15) is 0 Å². The quantitative estimate of drug-likeness (QED) is 0.346. The summed E-state index contributed by atoms with van der Waals surface area (Å²) in [6.45, 7) is 2.67. The van der Waals surface area contributed by atoms with Gasteiger partial charge >= 0.3 is 0 Å². The van der Waals surface area contributed by atoms with Crippen molar-refractivity contribution in [3.8, 4) is 11.5 Å². The topological polar surface area (TPSA) is 98.0 Å². The molecule has 0 spiro atoms. The van der Waals surface area contributed by atoms with E-state index in [0.717, 1.165) is 11.1 Å². The number of carbonyl (C=O) groups is 1. The van der Waals surface area contributed by atoms with E-state index in [2.05, 4.69) is 28.1 Å². The Kier molecular flexibility index (Phi) is 8.05. The molecule has 7 nitrogen and oxygen atoms in total. The highest BCUT2D eigenvalue weighted by molar-refractivity contribution is 7.80. The van der Waals surface area contributed by atoms with Gasteiger partial charge in [0, 0.05) is 6.54 Å². The van der Waals surface area contributed by atoms with Gasteiger partial charge in [-0.3, -0.25) is 10.2 Å². The Balaban J connectivity index is 1.92. The van der Waals surface area contributed by atoms with Gasteiger partial charge in [-0.05, 0) is 48.5 Å². The fourth-order valence-corrected chi connectivity index (χ4v) is 2.21. The Morgan fingerprint density at radius 2 is 1.96 bits per heavy atom. The summed E-state index contributed by atoms with van der Waals surface area (Å²) in [6.07, 6.45) is 1.55. The zero-order chi connectivity index (χ0) is 19.5. The number of carbonyl (C=O) groups excluding carboxylic acids is 1. The molecule has 0 aromatic heterocycles. The average molecular weight is 386 g/mol. The molecule has 0 saturated heterocycles. The van der Waals surface area contributed by atoms with Crippen molar-refractivity contribution in [1.29, 1.82) is 0 Å². The van der Waals surface area contributed by atoms with E-state index in [9.17, 15) is 4.79 Å². The lowest BCUT2D eigenvalue weighted by molar-refractivity contribution is -0.123. The Hall–Kier alpha value is -3.13. The first-order valence-electron chi connectivity index (χ1n) is 8.37. The van der Waals surface area contributed by atoms with Crippen LogP contribution in [0.5, 0.6) is 11.5 Å². The number of rotatable bonds is 9. The predicted octanol–water partition coefficient (Wildman–Crippen LogP) is 1.95. The Morgan fingerprint density at radius 3 is 2.67 bits per heavy atom. The molecule has 4 N–H and O–H groups in total. The van der Waals surface area contributed by atoms with Crippen molar-refractivity contribution < 1.29 is 14.3 Å². The Labute approximate surface area is 163 Å². The third-order valence-corrected chi connectivity index (χ3v) is 3.44. The highest BCUT2D eigenvalue weighted by Gasteiger charge is 2.09. The molecule has 0 aliphatic rings. The normalized spacial score (nSPS) is 10.4. The maximum absolute atomic E-state index is 12.0. The number of nitrogens with two attached hydrogens (primary N) is 1. The lowest BCUT2D eigenvalue weighted by Gasteiger charge is -2.12. The monoisotopic (exact) mass is 386 g/mol. The first-order valence-corrected chi connectivity index (χ1v) is 8.78. The Morgan fingerprint density at radius 1 is 1.19 bits per heavy atom. The lowest BCUT2D eigenvalue weighted by Crippen LogP contribution is -2.28. The molecule has 8 heteroatoms. The van der Waals surface area contributed by atoms with Crippen molar-refractivity contribution in [2.24, 2.45) is 10.8 Å². The molecule has 0 saturated carbocycles. The molecule has 0 aliphatic carbocycles. The first-order chi connectivity index (χ1) is 13.1. The summed E-state index contributed by atoms with van der Waals surface area (Å²) in [7, 11) is 0. The molecule has 0 bridgehead atoms. The van der Waals surface area contributed by atoms with Crippen molar-refractivity contribution >= 4 is 29.5 Å². The van der Waals surface area contributed by atoms with E-state index in [1.54, 1.807) is 24.4 Å². The molecule has 2 aromatic rings. The number of amides is 1. The SMILES string of the molecule is CCOc1cc(C=NNC(N)=S)ccc1OCC(=O)NCc1ccccc1. The molecule has 142 valence electrons. The minimum absolute atomic E-state index is 0.0813. The summed E-state index contributed by atoms with van der Waals surface area (Å²) in [5, 5.41) is 6.79. The molecular formula is C19H22N4O3S. The van der Waals surface area contributed by atoms with Crippen LogP contribution < -0.4 is 25.9 Å². The van der Waals surface area contributed by atoms with Crippen LogP contribution in [0, 0.1) is 0 Å². The summed E-state index contributed by atoms with van der Waals surface area (Å²) < 4.78 is 11.2. The van der Waals surface area contributed by atoms with E-state index in [-0.39, 0.29) is 17.6 Å². The molecule has 2 aromatic carbocycles. The fraction of sp³-hybridized carbons (Fsp3) is 0.211. The zero-order valence-corrected chi connectivity index (χ0v) is 15.8. The van der Waals surface area contributed by atoms with Gasteiger partial charge in [-0.2, -0.15) is 5.10 Å². The third kappa shape index (κ3) is 7.33. The predicted molar refractivity (Wildman–Crippen MR) is 109 cm³/mol. The minimum Gasteiger partial charge on any atom is -0.490 e. The first kappa shape index (κ1) is 20.2. The van der Waals surface area contributed by atoms with Gasteiger partial charge in [-0.25, -0.2) is 0 Å². The van der Waals surface area contributed by atoms with E-state index in [1.807, 2.05) is 37.3 Å². The highest BCUT2D eigenvalue weighted by atomic mass is 32.1. The van der Waals surface area contributed by atoms with Crippen LogP contribution in [0.3, 0.4) is 0 Å². The number of benzene rings is 2. The standard InChI is InChI=1S/C19H22N4O3S/c1-2-25-17-10-15(12-22-23-19(20)27)8-9-16(17)26-13-18(24)21-11-14-6-4-3-5-7-14/h3-10,12H,2,11,13H2,1H3,(H,21,24)(H3,20,23,27). The second kappa shape index (κ2) is 10.8. The van der Waals surface area contributed by atoms with Gasteiger partial charge < -0.3 is 20.5 Å². The third-order valence-electron chi connectivity index (χ3n) is 3.35. The smallest absolute Gasteiger partial charge is 0.258 e. The van der Waals surface area contributed by atoms with Crippen LogP contribution in [0.1, 0.15) is 18.1 Å². The molecule has 0 unspecified atom stereocenters. The average Bonchev–Trinajstić information content (AvgIpc) is 2.66. The number of nitrogens with one attached hydrogen (secondary N) is 2. The lowest BCUT2D eigenvalue weighted by atomic mass is 10.2. The molecule has 1 amide bonds. The maximum Gasteiger partial charge on any atom is 0.258 e. The van der Waals surface area contributed by atoms with Gasteiger partial charge in [0.05, 0.1) is 12.8 Å². The molecule has 0 radical (unpaired) electrons. The minimum atomic E-state index is -0.215. The summed E-state index contributed by atoms with van der Waals surface area (Å²) in [4.78, 5) is 12.0. The molecule has 0 fully saturated rings. The zero-order valence-electron chi connectivity index (χ0n) is 15.0. The summed E-state index contributed by atoms with van der Waals surface area (Å²) in [5.41, 5.74) is 9.58. The van der Waals surface area contributed by atoms with E-state index in [0.29, 0.717) is 24.7 Å². The Bertz CT molecular complexity index is 797. The van der Waals surface area contributed by atoms with Gasteiger partial charge in [-0.15, -0.1) is 0 Å². The van der Waals surface area contributed by atoms with Crippen LogP contribution >= 0.6 is 12.2 Å². The van der Waals surface area contributed by atoms with Crippen molar-refractivity contribution in [3.63, 3.8) is 0 Å². The summed E-state index contributed by atoms with van der Waals surface area (Å²) >= 11 is 4.68. The number of thiocarbonyl (C=S) groups is 1. The second-order valence-electron chi connectivity index (χ2n) is 5.42. The molecule has 0 atom stereocenters. The highest BCUT2D eigenvalue weighted by Crippen LogP contribution is 2.28. The van der Waals surface area contributed by atoms with E-state index >= 15 is 0 Å². The van der Waals surface area contributed by atoms with E-state index in [4.69, 9.17) is 15.2 Å². The molecule has 2 rings (SSSR count). The van der Waals surface area contributed by atoms with Crippen LogP contribution in [-0.4, -0.2) is 30.4 Å². The van der Waals surface area contributed by atoms with Gasteiger partial charge in [0.2, 0.25) is 0 Å². The fourth-order valence-electron chi connectivity index (χ4n) is 2.15. The molecular weight excluding hydrogens is 364 g/mol. The summed E-state index contributed by atoms with van der Waals surface area (Å²) in [6, 6.07) is 14.9. The van der Waals surface area contributed by atoms with Crippen LogP contribution in [-0.2, 0) is 11.3 Å². The van der Waals surface area contributed by atoms with E-state index in [1.165, 1.54) is 0 Å². The van der Waals surface area contributed by atoms with Crippen LogP contribution in [0.25, 0.3) is 0 Å². The number of nitrogens with zero attached hydrogens (tertiary/aromatic N) is 1. The van der Waals surface area contributed by atoms with Gasteiger partial charge in [-0.1, -0.05) is 30.3 Å². The number of hydrogen-bond acceptors (Lipinski definition) is 5. The number of hydrazone groups is 1. The second-order valence-corrected chi connectivity index (χ2v) is 5.86. The van der Waals surface area contributed by atoms with Gasteiger partial charge in [0.15, 0.2) is 23.2 Å². The van der Waals surface area contributed by atoms with Crippen LogP contribution in [0.15, 0.2) is 53.6 Å². The van der Waals surface area contributed by atoms with Crippen molar-refractivity contribution in [2.45, 2.75) is 13.5 Å². The molecule has 0 heterocycles. The maximum atomic E-state index is 12.0. The van der Waals surface area contributed by atoms with Crippen LogP contribution in [0.4, 0.5) is 0 Å². The van der Waals surface area contributed by atoms with Gasteiger partial charge in [0.25, 0.3) is 5.91 Å². The van der Waals surface area contributed by atoms with E-state index < -0.39 is 0 Å². The largest absolute Gasteiger partial charge is 0.490 e. The molecule has 0 aliphatic heterocycles. The van der Waals surface area contributed by atoms with Crippen LogP contribution in [0.2, 0.25) is 0 Å². The number of ether oxygens (including phenoxy) is 2. The summed E-state index contributed by atoms with van der Waals surface area (Å²) in [5.74, 6) is 0.784. The van der Waals surface area contributed by atoms with Crippen molar-refractivity contribution in [2.75, 3.05) is 13.2 Å². The van der Waals surface area contributed by atoms with Crippen molar-refractivity contribution in [1.82, 2.24) is 10.7 Å². The molecule has 27 heavy (non-hydrogen) atoms. The van der Waals surface area contributed by atoms with Crippen molar-refractivity contribution in [3.05, 3.63) is 59.7 Å².